The highest BCUT2D eigenvalue weighted by Gasteiger charge is 2.48. The van der Waals surface area contributed by atoms with Crippen LogP contribution in [0.1, 0.15) is 22.7 Å². The van der Waals surface area contributed by atoms with E-state index in [1.165, 1.54) is 17.7 Å². The molecule has 2 atom stereocenters. The Morgan fingerprint density at radius 3 is 2.33 bits per heavy atom. The molecular weight excluding hydrogens is 377 g/mol. The number of hydrogen-bond donors (Lipinski definition) is 0. The monoisotopic (exact) mass is 401 g/mol. The van der Waals surface area contributed by atoms with Gasteiger partial charge in [0.2, 0.25) is 0 Å². The average molecular weight is 401 g/mol. The van der Waals surface area contributed by atoms with Gasteiger partial charge in [-0.05, 0) is 40.5 Å². The molecule has 152 valence electrons. The molecule has 5 rings (SSSR count). The quantitative estimate of drug-likeness (QED) is 0.599. The van der Waals surface area contributed by atoms with Gasteiger partial charge in [-0.2, -0.15) is 0 Å². The van der Waals surface area contributed by atoms with Crippen LogP contribution in [0, 0.1) is 5.82 Å². The average Bonchev–Trinajstić information content (AvgIpc) is 3.12. The van der Waals surface area contributed by atoms with Crippen LogP contribution < -0.4 is 0 Å². The molecule has 3 aromatic rings. The second-order valence-corrected chi connectivity index (χ2v) is 7.87. The summed E-state index contributed by atoms with van der Waals surface area (Å²) in [5, 5.41) is 0. The topological polar surface area (TPSA) is 21.7 Å². The normalized spacial score (nSPS) is 24.2. The van der Waals surface area contributed by atoms with Gasteiger partial charge >= 0.3 is 0 Å². The van der Waals surface area contributed by atoms with E-state index >= 15 is 0 Å². The minimum Gasteiger partial charge on any atom is -0.372 e. The maximum atomic E-state index is 13.5. The molecule has 0 bridgehead atoms. The Bertz CT molecular complexity index is 1020. The number of ether oxygens (including phenoxy) is 2. The SMILES string of the molecule is Fc1ccc([C@H]2COC3(C=C(c4ccccc4)COC3)N2Cc2ccccc2)cc1. The van der Waals surface area contributed by atoms with Crippen molar-refractivity contribution in [1.29, 1.82) is 0 Å². The molecule has 3 aromatic carbocycles. The third kappa shape index (κ3) is 3.70. The van der Waals surface area contributed by atoms with Crippen LogP contribution in [0.4, 0.5) is 4.39 Å². The lowest BCUT2D eigenvalue weighted by Crippen LogP contribution is -2.49. The molecule has 2 aliphatic rings. The van der Waals surface area contributed by atoms with Crippen molar-refractivity contribution in [2.75, 3.05) is 19.8 Å². The van der Waals surface area contributed by atoms with Gasteiger partial charge in [-0.15, -0.1) is 0 Å². The third-order valence-electron chi connectivity index (χ3n) is 5.91. The van der Waals surface area contributed by atoms with E-state index in [2.05, 4.69) is 47.4 Å². The Kier molecular flexibility index (Phi) is 5.21. The summed E-state index contributed by atoms with van der Waals surface area (Å²) in [5.41, 5.74) is 3.86. The summed E-state index contributed by atoms with van der Waals surface area (Å²) in [5.74, 6) is -0.228. The van der Waals surface area contributed by atoms with Gasteiger partial charge in [-0.25, -0.2) is 4.39 Å². The smallest absolute Gasteiger partial charge is 0.165 e. The van der Waals surface area contributed by atoms with Crippen LogP contribution in [0.25, 0.3) is 5.57 Å². The summed E-state index contributed by atoms with van der Waals surface area (Å²) in [6, 6.07) is 27.4. The minimum atomic E-state index is -0.654. The van der Waals surface area contributed by atoms with Crippen molar-refractivity contribution in [3.05, 3.63) is 114 Å². The standard InChI is InChI=1S/C26H24FNO2/c27-24-13-11-22(12-14-24)25-18-30-26(28(25)16-20-7-3-1-4-8-20)15-23(17-29-19-26)21-9-5-2-6-10-21/h1-15,25H,16-19H2/t25-,26?/m1/s1. The highest BCUT2D eigenvalue weighted by molar-refractivity contribution is 5.68. The number of hydrogen-bond acceptors (Lipinski definition) is 3. The van der Waals surface area contributed by atoms with E-state index in [1.54, 1.807) is 0 Å². The summed E-state index contributed by atoms with van der Waals surface area (Å²) in [6.45, 7) is 2.27. The summed E-state index contributed by atoms with van der Waals surface area (Å²) in [6.07, 6.45) is 2.22. The molecule has 1 unspecified atom stereocenters. The van der Waals surface area contributed by atoms with E-state index in [9.17, 15) is 4.39 Å². The van der Waals surface area contributed by atoms with Crippen LogP contribution in [0.5, 0.6) is 0 Å². The van der Waals surface area contributed by atoms with Crippen LogP contribution in [-0.4, -0.2) is 30.4 Å². The van der Waals surface area contributed by atoms with Gasteiger partial charge < -0.3 is 9.47 Å². The number of benzene rings is 3. The van der Waals surface area contributed by atoms with Crippen molar-refractivity contribution < 1.29 is 13.9 Å². The molecule has 0 saturated carbocycles. The molecule has 2 aliphatic heterocycles. The van der Waals surface area contributed by atoms with Crippen molar-refractivity contribution in [3.63, 3.8) is 0 Å². The fourth-order valence-corrected chi connectivity index (χ4v) is 4.38. The summed E-state index contributed by atoms with van der Waals surface area (Å²) in [4.78, 5) is 2.34. The lowest BCUT2D eigenvalue weighted by molar-refractivity contribution is -0.105. The van der Waals surface area contributed by atoms with E-state index in [0.717, 1.165) is 16.7 Å². The van der Waals surface area contributed by atoms with Gasteiger partial charge in [-0.1, -0.05) is 72.8 Å². The Balaban J connectivity index is 1.55. The van der Waals surface area contributed by atoms with E-state index in [0.29, 0.717) is 26.4 Å². The number of rotatable bonds is 4. The molecule has 0 N–H and O–H groups in total. The fourth-order valence-electron chi connectivity index (χ4n) is 4.38. The Hall–Kier alpha value is -2.79. The largest absolute Gasteiger partial charge is 0.372 e. The fraction of sp³-hybridized carbons (Fsp3) is 0.231. The van der Waals surface area contributed by atoms with Crippen LogP contribution in [-0.2, 0) is 16.0 Å². The molecule has 0 aliphatic carbocycles. The molecule has 3 nitrogen and oxygen atoms in total. The van der Waals surface area contributed by atoms with Crippen molar-refractivity contribution in [2.45, 2.75) is 18.3 Å². The maximum absolute atomic E-state index is 13.5. The van der Waals surface area contributed by atoms with Crippen LogP contribution in [0.2, 0.25) is 0 Å². The van der Waals surface area contributed by atoms with Crippen molar-refractivity contribution in [2.24, 2.45) is 0 Å². The van der Waals surface area contributed by atoms with E-state index in [4.69, 9.17) is 9.47 Å². The molecule has 1 fully saturated rings. The van der Waals surface area contributed by atoms with Gasteiger partial charge in [0, 0.05) is 6.54 Å². The van der Waals surface area contributed by atoms with Crippen molar-refractivity contribution in [3.8, 4) is 0 Å². The molecule has 2 heterocycles. The first-order valence-electron chi connectivity index (χ1n) is 10.3. The first-order valence-corrected chi connectivity index (χ1v) is 10.3. The zero-order valence-electron chi connectivity index (χ0n) is 16.7. The second kappa shape index (κ2) is 8.15. The van der Waals surface area contributed by atoms with Crippen molar-refractivity contribution >= 4 is 5.57 Å². The molecule has 4 heteroatoms. The summed E-state index contributed by atoms with van der Waals surface area (Å²) in [7, 11) is 0. The third-order valence-corrected chi connectivity index (χ3v) is 5.91. The summed E-state index contributed by atoms with van der Waals surface area (Å²) < 4.78 is 26.0. The molecule has 30 heavy (non-hydrogen) atoms. The van der Waals surface area contributed by atoms with Gasteiger partial charge in [0.15, 0.2) is 5.72 Å². The van der Waals surface area contributed by atoms with E-state index in [1.807, 2.05) is 36.4 Å². The molecule has 1 spiro atoms. The lowest BCUT2D eigenvalue weighted by atomic mass is 9.97. The minimum absolute atomic E-state index is 0.0146. The van der Waals surface area contributed by atoms with Gasteiger partial charge in [0.1, 0.15) is 5.82 Å². The highest BCUT2D eigenvalue weighted by atomic mass is 19.1. The Labute approximate surface area is 176 Å². The lowest BCUT2D eigenvalue weighted by Gasteiger charge is -2.40. The van der Waals surface area contributed by atoms with Gasteiger partial charge in [0.25, 0.3) is 0 Å². The predicted molar refractivity (Wildman–Crippen MR) is 115 cm³/mol. The first-order chi connectivity index (χ1) is 14.7. The molecular formula is C26H24FNO2. The molecule has 1 saturated heterocycles. The highest BCUT2D eigenvalue weighted by Crippen LogP contribution is 2.42. The van der Waals surface area contributed by atoms with E-state index in [-0.39, 0.29) is 11.9 Å². The zero-order valence-corrected chi connectivity index (χ0v) is 16.7. The number of nitrogens with zero attached hydrogens (tertiary/aromatic N) is 1. The molecule has 0 aromatic heterocycles. The number of halogens is 1. The Morgan fingerprint density at radius 2 is 1.60 bits per heavy atom. The van der Waals surface area contributed by atoms with Gasteiger partial charge in [-0.3, -0.25) is 4.90 Å². The van der Waals surface area contributed by atoms with Crippen LogP contribution in [0.15, 0.2) is 91.0 Å². The van der Waals surface area contributed by atoms with Crippen molar-refractivity contribution in [1.82, 2.24) is 4.90 Å². The predicted octanol–water partition coefficient (Wildman–Crippen LogP) is 5.21. The van der Waals surface area contributed by atoms with Crippen LogP contribution in [0.3, 0.4) is 0 Å². The first kappa shape index (κ1) is 19.2. The molecule has 0 radical (unpaired) electrons. The Morgan fingerprint density at radius 1 is 0.900 bits per heavy atom. The maximum Gasteiger partial charge on any atom is 0.165 e. The van der Waals surface area contributed by atoms with Gasteiger partial charge in [0.05, 0.1) is 25.9 Å². The zero-order chi connectivity index (χ0) is 20.4. The summed E-state index contributed by atoms with van der Waals surface area (Å²) >= 11 is 0. The second-order valence-electron chi connectivity index (χ2n) is 7.87. The van der Waals surface area contributed by atoms with E-state index < -0.39 is 5.72 Å². The molecule has 0 amide bonds. The van der Waals surface area contributed by atoms with Crippen LogP contribution >= 0.6 is 0 Å².